The predicted octanol–water partition coefficient (Wildman–Crippen LogP) is -0.222. The molecule has 0 bridgehead atoms. The van der Waals surface area contributed by atoms with Crippen molar-refractivity contribution in [1.82, 2.24) is 9.78 Å². The summed E-state index contributed by atoms with van der Waals surface area (Å²) in [7, 11) is 0. The minimum atomic E-state index is 0.684. The summed E-state index contributed by atoms with van der Waals surface area (Å²) in [6, 6.07) is 0. The fraction of sp³-hybridized carbons (Fsp3) is 0.400. The molecule has 0 saturated heterocycles. The zero-order valence-electron chi connectivity index (χ0n) is 5.05. The van der Waals surface area contributed by atoms with E-state index >= 15 is 0 Å². The van der Waals surface area contributed by atoms with Gasteiger partial charge in [0.1, 0.15) is 0 Å². The van der Waals surface area contributed by atoms with Gasteiger partial charge in [0.15, 0.2) is 0 Å². The van der Waals surface area contributed by atoms with Crippen molar-refractivity contribution in [2.75, 3.05) is 6.54 Å². The van der Waals surface area contributed by atoms with Crippen LogP contribution < -0.4 is 5.73 Å². The Bertz CT molecular complexity index is 184. The molecule has 1 rings (SSSR count). The van der Waals surface area contributed by atoms with Gasteiger partial charge in [-0.05, 0) is 0 Å². The molecule has 0 aliphatic heterocycles. The molecule has 1 heterocycles. The molecule has 1 aromatic rings. The molecule has 0 atom stereocenters. The number of halogens is 1. The van der Waals surface area contributed by atoms with E-state index in [9.17, 15) is 0 Å². The molecule has 0 unspecified atom stereocenters. The van der Waals surface area contributed by atoms with Gasteiger partial charge in [0.25, 0.3) is 0 Å². The van der Waals surface area contributed by atoms with E-state index in [2.05, 4.69) is 10.8 Å². The number of aromatic nitrogens is 2. The average Bonchev–Trinajstić information content (AvgIpc) is 2.17. The van der Waals surface area contributed by atoms with Crippen LogP contribution in [0.5, 0.6) is 0 Å². The molecule has 0 aliphatic rings. The second-order valence-corrected chi connectivity index (χ2v) is 2.21. The van der Waals surface area contributed by atoms with Crippen LogP contribution in [-0.4, -0.2) is 16.3 Å². The maximum atomic E-state index is 5.59. The first-order valence-corrected chi connectivity index (χ1v) is 3.18. The minimum Gasteiger partial charge on any atom is -0.356 e. The molecule has 0 saturated carbocycles. The van der Waals surface area contributed by atoms with Crippen LogP contribution >= 0.6 is 11.6 Å². The zero-order chi connectivity index (χ0) is 6.69. The van der Waals surface area contributed by atoms with E-state index in [1.54, 1.807) is 17.1 Å². The van der Waals surface area contributed by atoms with E-state index in [0.717, 1.165) is 13.1 Å². The fourth-order valence-electron chi connectivity index (χ4n) is 0.623. The molecule has 3 N–H and O–H groups in total. The lowest BCUT2D eigenvalue weighted by atomic mass is 10.6. The third kappa shape index (κ3) is 1.69. The van der Waals surface area contributed by atoms with Crippen LogP contribution in [0.1, 0.15) is 0 Å². The molecular weight excluding hydrogens is 138 g/mol. The van der Waals surface area contributed by atoms with E-state index in [-0.39, 0.29) is 0 Å². The highest BCUT2D eigenvalue weighted by Gasteiger charge is 1.92. The minimum absolute atomic E-state index is 0.684. The van der Waals surface area contributed by atoms with Crippen molar-refractivity contribution in [2.45, 2.75) is 6.54 Å². The summed E-state index contributed by atoms with van der Waals surface area (Å²) < 4.78 is 1.77. The molecule has 0 amide bonds. The Morgan fingerprint density at radius 2 is 2.56 bits per heavy atom. The van der Waals surface area contributed by atoms with Crippen molar-refractivity contribution in [3.05, 3.63) is 17.4 Å². The van der Waals surface area contributed by atoms with Crippen LogP contribution in [0.3, 0.4) is 0 Å². The van der Waals surface area contributed by atoms with Gasteiger partial charge in [-0.15, -0.1) is 0 Å². The molecule has 50 valence electrons. The second kappa shape index (κ2) is 2.85. The summed E-state index contributed by atoms with van der Waals surface area (Å²) in [5.41, 5.74) is 3.69. The molecule has 0 radical (unpaired) electrons. The summed E-state index contributed by atoms with van der Waals surface area (Å²) >= 11 is 5.59. The van der Waals surface area contributed by atoms with E-state index in [4.69, 9.17) is 11.6 Å². The summed E-state index contributed by atoms with van der Waals surface area (Å²) in [4.78, 5) is 0. The molecule has 9 heavy (non-hydrogen) atoms. The molecule has 0 fully saturated rings. The summed E-state index contributed by atoms with van der Waals surface area (Å²) in [5.74, 6) is 0. The van der Waals surface area contributed by atoms with Gasteiger partial charge < -0.3 is 5.73 Å². The van der Waals surface area contributed by atoms with Crippen LogP contribution in [0, 0.1) is 0 Å². The van der Waals surface area contributed by atoms with Crippen LogP contribution in [-0.2, 0) is 6.54 Å². The van der Waals surface area contributed by atoms with Gasteiger partial charge >= 0.3 is 0 Å². The molecule has 4 heteroatoms. The van der Waals surface area contributed by atoms with Gasteiger partial charge in [0, 0.05) is 6.20 Å². The standard InChI is InChI=1S/C5H8ClN3/c6-5-3-8-9(4-5)2-1-7/h3-4H,1-2,7H2/p+1. The molecule has 0 aromatic carbocycles. The Labute approximate surface area is 58.4 Å². The molecule has 0 aliphatic carbocycles. The van der Waals surface area contributed by atoms with Gasteiger partial charge in [0.05, 0.1) is 24.3 Å². The topological polar surface area (TPSA) is 45.5 Å². The number of hydrogen-bond donors (Lipinski definition) is 1. The van der Waals surface area contributed by atoms with Gasteiger partial charge in [0.2, 0.25) is 0 Å². The summed E-state index contributed by atoms with van der Waals surface area (Å²) in [6.07, 6.45) is 3.41. The first-order valence-electron chi connectivity index (χ1n) is 2.80. The smallest absolute Gasteiger partial charge is 0.0939 e. The van der Waals surface area contributed by atoms with Crippen molar-refractivity contribution in [3.63, 3.8) is 0 Å². The van der Waals surface area contributed by atoms with Crippen molar-refractivity contribution in [3.8, 4) is 0 Å². The van der Waals surface area contributed by atoms with Gasteiger partial charge in [-0.25, -0.2) is 0 Å². The predicted molar refractivity (Wildman–Crippen MR) is 35.0 cm³/mol. The van der Waals surface area contributed by atoms with E-state index < -0.39 is 0 Å². The average molecular weight is 147 g/mol. The van der Waals surface area contributed by atoms with Crippen LogP contribution in [0.2, 0.25) is 5.02 Å². The Morgan fingerprint density at radius 1 is 1.78 bits per heavy atom. The Kier molecular flexibility index (Phi) is 2.08. The van der Waals surface area contributed by atoms with Gasteiger partial charge in [-0.2, -0.15) is 5.10 Å². The lowest BCUT2D eigenvalue weighted by molar-refractivity contribution is -0.370. The lowest BCUT2D eigenvalue weighted by Crippen LogP contribution is -2.52. The molecule has 1 aromatic heterocycles. The van der Waals surface area contributed by atoms with Crippen LogP contribution in [0.25, 0.3) is 0 Å². The fourth-order valence-corrected chi connectivity index (χ4v) is 0.779. The largest absolute Gasteiger partial charge is 0.356 e. The van der Waals surface area contributed by atoms with E-state index in [1.165, 1.54) is 0 Å². The Hall–Kier alpha value is -0.540. The normalized spacial score (nSPS) is 10.0. The van der Waals surface area contributed by atoms with Crippen molar-refractivity contribution < 1.29 is 5.73 Å². The third-order valence-electron chi connectivity index (χ3n) is 0.989. The summed E-state index contributed by atoms with van der Waals surface area (Å²) in [6.45, 7) is 1.69. The lowest BCUT2D eigenvalue weighted by Gasteiger charge is -1.91. The zero-order valence-corrected chi connectivity index (χ0v) is 5.80. The number of quaternary nitrogens is 1. The van der Waals surface area contributed by atoms with Gasteiger partial charge in [-0.3, -0.25) is 4.68 Å². The molecule has 0 spiro atoms. The number of rotatable bonds is 2. The van der Waals surface area contributed by atoms with Crippen LogP contribution in [0.4, 0.5) is 0 Å². The first-order chi connectivity index (χ1) is 4.33. The maximum absolute atomic E-state index is 5.59. The Morgan fingerprint density at radius 3 is 3.00 bits per heavy atom. The van der Waals surface area contributed by atoms with Crippen LogP contribution in [0.15, 0.2) is 12.4 Å². The van der Waals surface area contributed by atoms with Gasteiger partial charge in [-0.1, -0.05) is 11.6 Å². The number of nitrogens with zero attached hydrogens (tertiary/aromatic N) is 2. The van der Waals surface area contributed by atoms with Crippen molar-refractivity contribution in [1.29, 1.82) is 0 Å². The molecule has 3 nitrogen and oxygen atoms in total. The monoisotopic (exact) mass is 146 g/mol. The van der Waals surface area contributed by atoms with Crippen molar-refractivity contribution >= 4 is 11.6 Å². The van der Waals surface area contributed by atoms with Crippen molar-refractivity contribution in [2.24, 2.45) is 0 Å². The SMILES string of the molecule is [NH3+]CCn1cc(Cl)cn1. The number of hydrogen-bond acceptors (Lipinski definition) is 1. The van der Waals surface area contributed by atoms with E-state index in [0.29, 0.717) is 5.02 Å². The third-order valence-corrected chi connectivity index (χ3v) is 1.18. The first kappa shape index (κ1) is 6.58. The second-order valence-electron chi connectivity index (χ2n) is 1.78. The quantitative estimate of drug-likeness (QED) is 0.616. The highest BCUT2D eigenvalue weighted by Crippen LogP contribution is 2.03. The summed E-state index contributed by atoms with van der Waals surface area (Å²) in [5, 5.41) is 4.63. The molecular formula is C5H9ClN3+. The highest BCUT2D eigenvalue weighted by atomic mass is 35.5. The van der Waals surface area contributed by atoms with E-state index in [1.807, 2.05) is 0 Å². The highest BCUT2D eigenvalue weighted by molar-refractivity contribution is 6.30. The Balaban J connectivity index is 2.61. The maximum Gasteiger partial charge on any atom is 0.0939 e.